The zero-order chi connectivity index (χ0) is 27.3. The number of fused-ring (bicyclic) bond motifs is 1. The van der Waals surface area contributed by atoms with Crippen LogP contribution in [0.25, 0.3) is 10.9 Å². The molecule has 4 rings (SSSR count). The molecule has 0 atom stereocenters. The van der Waals surface area contributed by atoms with Gasteiger partial charge in [-0.1, -0.05) is 23.2 Å². The number of rotatable bonds is 7. The van der Waals surface area contributed by atoms with Crippen molar-refractivity contribution >= 4 is 61.7 Å². The van der Waals surface area contributed by atoms with Crippen molar-refractivity contribution in [2.75, 3.05) is 17.9 Å². The average Bonchev–Trinajstić information content (AvgIpc) is 3.58. The first-order valence-corrected chi connectivity index (χ1v) is 13.9. The highest BCUT2D eigenvalue weighted by Gasteiger charge is 2.33. The fourth-order valence-corrected chi connectivity index (χ4v) is 6.25. The third kappa shape index (κ3) is 5.89. The van der Waals surface area contributed by atoms with E-state index in [0.29, 0.717) is 16.5 Å². The van der Waals surface area contributed by atoms with Gasteiger partial charge in [0, 0.05) is 41.8 Å². The summed E-state index contributed by atoms with van der Waals surface area (Å²) in [6, 6.07) is 9.13. The van der Waals surface area contributed by atoms with Crippen molar-refractivity contribution < 1.29 is 22.7 Å². The predicted octanol–water partition coefficient (Wildman–Crippen LogP) is 5.26. The lowest BCUT2D eigenvalue weighted by Gasteiger charge is -2.26. The van der Waals surface area contributed by atoms with Crippen LogP contribution >= 0.6 is 23.2 Å². The lowest BCUT2D eigenvalue weighted by atomic mass is 10.1. The highest BCUT2D eigenvalue weighted by Crippen LogP contribution is 2.33. The van der Waals surface area contributed by atoms with Crippen molar-refractivity contribution in [2.24, 2.45) is 7.05 Å². The van der Waals surface area contributed by atoms with Gasteiger partial charge in [-0.25, -0.2) is 8.42 Å². The minimum Gasteiger partial charge on any atom is -0.459 e. The largest absolute Gasteiger partial charge is 0.459 e. The Hall–Kier alpha value is -2.75. The van der Waals surface area contributed by atoms with E-state index in [1.165, 1.54) is 18.2 Å². The summed E-state index contributed by atoms with van der Waals surface area (Å²) in [4.78, 5) is 27.4. The van der Waals surface area contributed by atoms with Crippen LogP contribution in [0.15, 0.2) is 47.5 Å². The Morgan fingerprint density at radius 3 is 2.27 bits per heavy atom. The highest BCUT2D eigenvalue weighted by molar-refractivity contribution is 7.92. The van der Waals surface area contributed by atoms with E-state index in [2.05, 4.69) is 0 Å². The van der Waals surface area contributed by atoms with Crippen molar-refractivity contribution in [2.45, 2.75) is 50.2 Å². The Labute approximate surface area is 226 Å². The van der Waals surface area contributed by atoms with E-state index in [4.69, 9.17) is 27.9 Å². The summed E-state index contributed by atoms with van der Waals surface area (Å²) in [7, 11) is -0.707. The molecular weight excluding hydrogens is 537 g/mol. The van der Waals surface area contributed by atoms with Crippen LogP contribution in [0.5, 0.6) is 0 Å². The predicted molar refractivity (Wildman–Crippen MR) is 145 cm³/mol. The first-order chi connectivity index (χ1) is 17.2. The maximum atomic E-state index is 13.8. The zero-order valence-electron chi connectivity index (χ0n) is 21.3. The molecule has 8 nitrogen and oxygen atoms in total. The number of sulfonamides is 1. The summed E-state index contributed by atoms with van der Waals surface area (Å²) in [6.07, 6.45) is 3.71. The molecule has 0 saturated heterocycles. The molecule has 0 spiro atoms. The second-order valence-electron chi connectivity index (χ2n) is 10.2. The van der Waals surface area contributed by atoms with Crippen molar-refractivity contribution in [1.29, 1.82) is 0 Å². The second kappa shape index (κ2) is 9.85. The number of esters is 1. The quantitative estimate of drug-likeness (QED) is 0.365. The minimum absolute atomic E-state index is 0.0901. The van der Waals surface area contributed by atoms with Crippen LogP contribution < -0.4 is 4.31 Å². The number of hydrogen-bond acceptors (Lipinski definition) is 5. The van der Waals surface area contributed by atoms with Crippen LogP contribution in [0.4, 0.5) is 5.69 Å². The molecule has 1 aliphatic rings. The molecule has 0 N–H and O–H groups in total. The first-order valence-electron chi connectivity index (χ1n) is 11.7. The van der Waals surface area contributed by atoms with E-state index in [1.807, 2.05) is 0 Å². The molecule has 1 fully saturated rings. The number of anilines is 1. The summed E-state index contributed by atoms with van der Waals surface area (Å²) in [5, 5.41) is 0.970. The number of ether oxygens (including phenoxy) is 1. The Morgan fingerprint density at radius 1 is 1.08 bits per heavy atom. The summed E-state index contributed by atoms with van der Waals surface area (Å²) < 4.78 is 35.7. The van der Waals surface area contributed by atoms with E-state index >= 15 is 0 Å². The molecule has 0 bridgehead atoms. The number of carbonyl (C=O) groups is 2. The van der Waals surface area contributed by atoms with E-state index in [-0.39, 0.29) is 32.6 Å². The Balaban J connectivity index is 1.80. The maximum Gasteiger partial charge on any atom is 0.327 e. The van der Waals surface area contributed by atoms with E-state index in [9.17, 15) is 18.0 Å². The molecule has 11 heteroatoms. The molecule has 3 aromatic rings. The van der Waals surface area contributed by atoms with Crippen LogP contribution in [0.1, 0.15) is 44.0 Å². The molecule has 2 aromatic carbocycles. The zero-order valence-corrected chi connectivity index (χ0v) is 23.6. The minimum atomic E-state index is -4.28. The molecule has 0 unspecified atom stereocenters. The molecular formula is C26H29Cl2N3O5S. The van der Waals surface area contributed by atoms with Gasteiger partial charge in [-0.3, -0.25) is 13.9 Å². The number of hydrogen-bond donors (Lipinski definition) is 0. The van der Waals surface area contributed by atoms with Crippen LogP contribution in [0, 0.1) is 0 Å². The van der Waals surface area contributed by atoms with Crippen LogP contribution in [0.2, 0.25) is 10.0 Å². The molecule has 1 saturated carbocycles. The third-order valence-corrected chi connectivity index (χ3v) is 8.21. The summed E-state index contributed by atoms with van der Waals surface area (Å²) in [6.45, 7) is 4.53. The SMILES string of the molecule is CN(C(=O)c1cn(C)c2cc(N(CC(=O)OC(C)(C)C)S(=O)(=O)c3cc(Cl)cc(Cl)c3)ccc12)C1CC1. The van der Waals surface area contributed by atoms with Gasteiger partial charge in [-0.2, -0.15) is 0 Å². The smallest absolute Gasteiger partial charge is 0.327 e. The van der Waals surface area contributed by atoms with E-state index < -0.39 is 28.1 Å². The van der Waals surface area contributed by atoms with Crippen LogP contribution in [0.3, 0.4) is 0 Å². The number of nitrogens with zero attached hydrogens (tertiary/aromatic N) is 3. The first kappa shape index (κ1) is 27.3. The molecule has 0 aliphatic heterocycles. The summed E-state index contributed by atoms with van der Waals surface area (Å²) >= 11 is 12.2. The summed E-state index contributed by atoms with van der Waals surface area (Å²) in [5.41, 5.74) is 0.585. The van der Waals surface area contributed by atoms with E-state index in [1.54, 1.807) is 68.7 Å². The Morgan fingerprint density at radius 2 is 1.70 bits per heavy atom. The van der Waals surface area contributed by atoms with Crippen LogP contribution in [-0.2, 0) is 26.6 Å². The molecule has 0 radical (unpaired) electrons. The number of aromatic nitrogens is 1. The monoisotopic (exact) mass is 565 g/mol. The van der Waals surface area contributed by atoms with Gasteiger partial charge in [0.15, 0.2) is 0 Å². The van der Waals surface area contributed by atoms with Gasteiger partial charge in [0.05, 0.1) is 21.7 Å². The second-order valence-corrected chi connectivity index (χ2v) is 12.9. The maximum absolute atomic E-state index is 13.8. The number of aryl methyl sites for hydroxylation is 1. The van der Waals surface area contributed by atoms with E-state index in [0.717, 1.165) is 17.1 Å². The van der Waals surface area contributed by atoms with Crippen LogP contribution in [-0.4, -0.2) is 55.0 Å². The van der Waals surface area contributed by atoms with Gasteiger partial charge in [0.25, 0.3) is 15.9 Å². The average molecular weight is 567 g/mol. The summed E-state index contributed by atoms with van der Waals surface area (Å²) in [5.74, 6) is -0.814. The topological polar surface area (TPSA) is 88.9 Å². The lowest BCUT2D eigenvalue weighted by molar-refractivity contribution is -0.152. The van der Waals surface area contributed by atoms with Gasteiger partial charge in [0.1, 0.15) is 12.1 Å². The molecule has 37 heavy (non-hydrogen) atoms. The van der Waals surface area contributed by atoms with Crippen molar-refractivity contribution in [3.05, 3.63) is 58.2 Å². The Kier molecular flexibility index (Phi) is 7.27. The molecule has 1 heterocycles. The number of amides is 1. The van der Waals surface area contributed by atoms with Crippen molar-refractivity contribution in [1.82, 2.24) is 9.47 Å². The fourth-order valence-electron chi connectivity index (χ4n) is 4.13. The fraction of sp³-hybridized carbons (Fsp3) is 0.385. The van der Waals surface area contributed by atoms with Gasteiger partial charge < -0.3 is 14.2 Å². The van der Waals surface area contributed by atoms with Crippen molar-refractivity contribution in [3.8, 4) is 0 Å². The third-order valence-electron chi connectivity index (χ3n) is 6.02. The van der Waals surface area contributed by atoms with Crippen molar-refractivity contribution in [3.63, 3.8) is 0 Å². The molecule has 1 aromatic heterocycles. The van der Waals surface area contributed by atoms with Gasteiger partial charge in [-0.05, 0) is 70.0 Å². The molecule has 1 aliphatic carbocycles. The standard InChI is InChI=1S/C26H29Cl2N3O5S/c1-26(2,3)36-24(32)15-31(37(34,35)20-11-16(27)10-17(28)12-20)19-8-9-21-22(14-29(4)23(21)13-19)25(33)30(5)18-6-7-18/h8-14,18H,6-7,15H2,1-5H3. The number of benzene rings is 2. The number of carbonyl (C=O) groups excluding carboxylic acids is 2. The van der Waals surface area contributed by atoms with Gasteiger partial charge in [-0.15, -0.1) is 0 Å². The van der Waals surface area contributed by atoms with Gasteiger partial charge >= 0.3 is 5.97 Å². The highest BCUT2D eigenvalue weighted by atomic mass is 35.5. The van der Waals surface area contributed by atoms with Gasteiger partial charge in [0.2, 0.25) is 0 Å². The molecule has 1 amide bonds. The Bertz CT molecular complexity index is 1470. The molecule has 198 valence electrons. The normalized spacial score (nSPS) is 14.0. The number of halogens is 2. The lowest BCUT2D eigenvalue weighted by Crippen LogP contribution is -2.39.